The standard InChI is InChI=1S/C17H18N2O/c1-2-17-8-7-12-14(10-5-3-4-6-11(10)19-12)15(17)18-9-13-16(17)20-13/h3-6,13,16,19H,2,7-9H2,1H3. The summed E-state index contributed by atoms with van der Waals surface area (Å²) in [5, 5.41) is 1.33. The van der Waals surface area contributed by atoms with Crippen LogP contribution in [0.1, 0.15) is 31.0 Å². The number of ether oxygens (including phenoxy) is 1. The molecule has 3 atom stereocenters. The van der Waals surface area contributed by atoms with Crippen LogP contribution in [0, 0.1) is 5.41 Å². The Morgan fingerprint density at radius 1 is 1.40 bits per heavy atom. The molecule has 0 bridgehead atoms. The molecule has 3 heteroatoms. The molecule has 3 aliphatic rings. The topological polar surface area (TPSA) is 40.7 Å². The van der Waals surface area contributed by atoms with Crippen molar-refractivity contribution >= 4 is 16.6 Å². The van der Waals surface area contributed by atoms with Crippen molar-refractivity contribution in [2.24, 2.45) is 10.4 Å². The van der Waals surface area contributed by atoms with Gasteiger partial charge in [-0.15, -0.1) is 0 Å². The Labute approximate surface area is 118 Å². The highest BCUT2D eigenvalue weighted by atomic mass is 16.6. The number of nitrogens with zero attached hydrogens (tertiary/aromatic N) is 1. The van der Waals surface area contributed by atoms with E-state index in [1.165, 1.54) is 34.3 Å². The van der Waals surface area contributed by atoms with E-state index < -0.39 is 0 Å². The van der Waals surface area contributed by atoms with E-state index in [4.69, 9.17) is 9.73 Å². The number of H-pyrrole nitrogens is 1. The summed E-state index contributed by atoms with van der Waals surface area (Å²) in [6, 6.07) is 8.61. The first kappa shape index (κ1) is 11.1. The zero-order valence-electron chi connectivity index (χ0n) is 11.6. The molecule has 5 rings (SSSR count). The SMILES string of the molecule is CCC12CCc3[nH]c4ccccc4c3C1=NCC1OC12. The average molecular weight is 266 g/mol. The maximum Gasteiger partial charge on any atom is 0.105 e. The summed E-state index contributed by atoms with van der Waals surface area (Å²) >= 11 is 0. The van der Waals surface area contributed by atoms with Gasteiger partial charge in [-0.1, -0.05) is 25.1 Å². The first-order valence-electron chi connectivity index (χ1n) is 7.64. The molecule has 1 aromatic carbocycles. The van der Waals surface area contributed by atoms with Crippen molar-refractivity contribution in [3.8, 4) is 0 Å². The molecule has 3 nitrogen and oxygen atoms in total. The van der Waals surface area contributed by atoms with Crippen LogP contribution in [0.3, 0.4) is 0 Å². The molecule has 2 aliphatic heterocycles. The van der Waals surface area contributed by atoms with Crippen LogP contribution in [0.15, 0.2) is 29.3 Å². The van der Waals surface area contributed by atoms with Gasteiger partial charge in [0, 0.05) is 27.6 Å². The summed E-state index contributed by atoms with van der Waals surface area (Å²) < 4.78 is 5.92. The number of para-hydroxylation sites is 1. The Morgan fingerprint density at radius 3 is 3.20 bits per heavy atom. The van der Waals surface area contributed by atoms with Crippen molar-refractivity contribution in [1.82, 2.24) is 4.98 Å². The average Bonchev–Trinajstić information content (AvgIpc) is 3.20. The van der Waals surface area contributed by atoms with Gasteiger partial charge in [-0.25, -0.2) is 0 Å². The lowest BCUT2D eigenvalue weighted by atomic mass is 9.65. The Kier molecular flexibility index (Phi) is 1.96. The number of fused-ring (bicyclic) bond motifs is 7. The van der Waals surface area contributed by atoms with Crippen LogP contribution in [0.2, 0.25) is 0 Å². The minimum absolute atomic E-state index is 0.168. The molecule has 0 saturated carbocycles. The molecule has 1 aliphatic carbocycles. The van der Waals surface area contributed by atoms with Crippen LogP contribution in [0.25, 0.3) is 10.9 Å². The molecule has 2 aromatic rings. The highest BCUT2D eigenvalue weighted by Crippen LogP contribution is 2.53. The summed E-state index contributed by atoms with van der Waals surface area (Å²) in [5.74, 6) is 0. The van der Waals surface area contributed by atoms with Gasteiger partial charge in [0.05, 0.1) is 18.4 Å². The zero-order valence-corrected chi connectivity index (χ0v) is 11.6. The third-order valence-electron chi connectivity index (χ3n) is 5.50. The third-order valence-corrected chi connectivity index (χ3v) is 5.50. The fourth-order valence-electron chi connectivity index (χ4n) is 4.38. The Hall–Kier alpha value is -1.61. The Bertz CT molecular complexity index is 745. The predicted octanol–water partition coefficient (Wildman–Crippen LogP) is 3.08. The molecule has 1 aromatic heterocycles. The van der Waals surface area contributed by atoms with Crippen LogP contribution in [-0.2, 0) is 11.2 Å². The second-order valence-electron chi connectivity index (χ2n) is 6.32. The van der Waals surface area contributed by atoms with E-state index in [-0.39, 0.29) is 5.41 Å². The van der Waals surface area contributed by atoms with Gasteiger partial charge in [0.15, 0.2) is 0 Å². The summed E-state index contributed by atoms with van der Waals surface area (Å²) in [7, 11) is 0. The molecule has 20 heavy (non-hydrogen) atoms. The number of hydrogen-bond donors (Lipinski definition) is 1. The monoisotopic (exact) mass is 266 g/mol. The number of aliphatic imine (C=N–C) groups is 1. The molecule has 1 saturated heterocycles. The van der Waals surface area contributed by atoms with E-state index >= 15 is 0 Å². The molecule has 3 unspecified atom stereocenters. The van der Waals surface area contributed by atoms with Crippen molar-refractivity contribution in [2.75, 3.05) is 6.54 Å². The van der Waals surface area contributed by atoms with Gasteiger partial charge in [0.25, 0.3) is 0 Å². The molecular weight excluding hydrogens is 248 g/mol. The van der Waals surface area contributed by atoms with Gasteiger partial charge in [-0.3, -0.25) is 4.99 Å². The lowest BCUT2D eigenvalue weighted by molar-refractivity contribution is 0.249. The fourth-order valence-corrected chi connectivity index (χ4v) is 4.38. The number of epoxide rings is 1. The zero-order chi connectivity index (χ0) is 13.3. The minimum Gasteiger partial charge on any atom is -0.367 e. The number of aromatic nitrogens is 1. The van der Waals surface area contributed by atoms with Gasteiger partial charge in [-0.2, -0.15) is 0 Å². The first-order chi connectivity index (χ1) is 9.83. The van der Waals surface area contributed by atoms with Crippen molar-refractivity contribution in [2.45, 2.75) is 38.4 Å². The van der Waals surface area contributed by atoms with Crippen LogP contribution in [0.4, 0.5) is 0 Å². The van der Waals surface area contributed by atoms with E-state index in [0.29, 0.717) is 12.2 Å². The summed E-state index contributed by atoms with van der Waals surface area (Å²) in [6.07, 6.45) is 4.23. The largest absolute Gasteiger partial charge is 0.367 e. The molecule has 102 valence electrons. The Morgan fingerprint density at radius 2 is 2.30 bits per heavy atom. The molecule has 1 N–H and O–H groups in total. The third kappa shape index (κ3) is 1.18. The summed E-state index contributed by atoms with van der Waals surface area (Å²) in [6.45, 7) is 3.14. The van der Waals surface area contributed by atoms with Gasteiger partial charge < -0.3 is 9.72 Å². The number of aromatic amines is 1. The van der Waals surface area contributed by atoms with E-state index in [9.17, 15) is 0 Å². The molecule has 3 heterocycles. The van der Waals surface area contributed by atoms with E-state index in [0.717, 1.165) is 19.4 Å². The van der Waals surface area contributed by atoms with E-state index in [1.54, 1.807) is 0 Å². The quantitative estimate of drug-likeness (QED) is 0.792. The van der Waals surface area contributed by atoms with Gasteiger partial charge in [0.2, 0.25) is 0 Å². The number of hydrogen-bond acceptors (Lipinski definition) is 2. The second-order valence-corrected chi connectivity index (χ2v) is 6.32. The van der Waals surface area contributed by atoms with Crippen molar-refractivity contribution in [1.29, 1.82) is 0 Å². The van der Waals surface area contributed by atoms with Gasteiger partial charge in [0.1, 0.15) is 6.10 Å². The van der Waals surface area contributed by atoms with Crippen molar-refractivity contribution in [3.05, 3.63) is 35.5 Å². The van der Waals surface area contributed by atoms with Crippen LogP contribution < -0.4 is 0 Å². The molecular formula is C17H18N2O. The maximum atomic E-state index is 5.92. The highest BCUT2D eigenvalue weighted by molar-refractivity contribution is 6.16. The molecule has 0 amide bonds. The normalized spacial score (nSPS) is 34.1. The first-order valence-corrected chi connectivity index (χ1v) is 7.64. The second kappa shape index (κ2) is 3.53. The van der Waals surface area contributed by atoms with Crippen molar-refractivity contribution in [3.63, 3.8) is 0 Å². The molecule has 0 spiro atoms. The van der Waals surface area contributed by atoms with Gasteiger partial charge >= 0.3 is 0 Å². The van der Waals surface area contributed by atoms with Gasteiger partial charge in [-0.05, 0) is 25.3 Å². The number of nitrogens with one attached hydrogen (secondary N) is 1. The predicted molar refractivity (Wildman–Crippen MR) is 79.4 cm³/mol. The van der Waals surface area contributed by atoms with E-state index in [2.05, 4.69) is 36.2 Å². The lowest BCUT2D eigenvalue weighted by Crippen LogP contribution is -2.44. The smallest absolute Gasteiger partial charge is 0.105 e. The van der Waals surface area contributed by atoms with Crippen LogP contribution >= 0.6 is 0 Å². The Balaban J connectivity index is 1.81. The van der Waals surface area contributed by atoms with E-state index in [1.807, 2.05) is 0 Å². The molecule has 1 fully saturated rings. The highest BCUT2D eigenvalue weighted by Gasteiger charge is 2.60. The fraction of sp³-hybridized carbons (Fsp3) is 0.471. The van der Waals surface area contributed by atoms with Crippen molar-refractivity contribution < 1.29 is 4.74 Å². The number of aryl methyl sites for hydroxylation is 1. The summed E-state index contributed by atoms with van der Waals surface area (Å²) in [5.41, 5.74) is 5.47. The number of rotatable bonds is 1. The number of benzene rings is 1. The minimum atomic E-state index is 0.168. The van der Waals surface area contributed by atoms with Crippen LogP contribution in [-0.4, -0.2) is 29.4 Å². The summed E-state index contributed by atoms with van der Waals surface area (Å²) in [4.78, 5) is 8.55. The lowest BCUT2D eigenvalue weighted by Gasteiger charge is -2.38. The maximum absolute atomic E-state index is 5.92. The molecule has 0 radical (unpaired) electrons. The van der Waals surface area contributed by atoms with Crippen LogP contribution in [0.5, 0.6) is 0 Å².